The largest absolute Gasteiger partial charge is 0.388 e. The fraction of sp³-hybridized carbons (Fsp3) is 0.350. The van der Waals surface area contributed by atoms with Crippen molar-refractivity contribution in [2.75, 3.05) is 11.9 Å². The number of imidazole rings is 1. The number of halogens is 1. The van der Waals surface area contributed by atoms with Crippen LogP contribution in [0.4, 0.5) is 10.1 Å². The maximum atomic E-state index is 13.7. The van der Waals surface area contributed by atoms with E-state index in [0.717, 1.165) is 29.7 Å². The Kier molecular flexibility index (Phi) is 4.17. The summed E-state index contributed by atoms with van der Waals surface area (Å²) in [5.74, 6) is 1.05. The van der Waals surface area contributed by atoms with E-state index in [0.29, 0.717) is 31.0 Å². The maximum Gasteiger partial charge on any atom is 0.146 e. The van der Waals surface area contributed by atoms with Crippen LogP contribution >= 0.6 is 0 Å². The van der Waals surface area contributed by atoms with Crippen LogP contribution in [0, 0.1) is 5.82 Å². The van der Waals surface area contributed by atoms with E-state index in [9.17, 15) is 9.50 Å². The molecule has 4 nitrogen and oxygen atoms in total. The third kappa shape index (κ3) is 3.37. The van der Waals surface area contributed by atoms with Crippen molar-refractivity contribution in [2.45, 2.75) is 37.2 Å². The molecule has 1 saturated carbocycles. The summed E-state index contributed by atoms with van der Waals surface area (Å²) < 4.78 is 13.7. The van der Waals surface area contributed by atoms with E-state index in [1.165, 1.54) is 6.07 Å². The molecule has 0 saturated heterocycles. The first-order chi connectivity index (χ1) is 12.1. The molecule has 1 fully saturated rings. The monoisotopic (exact) mass is 339 g/mol. The van der Waals surface area contributed by atoms with Crippen molar-refractivity contribution < 1.29 is 9.50 Å². The third-order valence-electron chi connectivity index (χ3n) is 5.19. The lowest BCUT2D eigenvalue weighted by molar-refractivity contribution is 0.0109. The van der Waals surface area contributed by atoms with Crippen LogP contribution in [0.5, 0.6) is 0 Å². The first kappa shape index (κ1) is 16.1. The molecule has 0 amide bonds. The molecule has 3 aromatic rings. The third-order valence-corrected chi connectivity index (χ3v) is 5.19. The lowest BCUT2D eigenvalue weighted by Crippen LogP contribution is -2.40. The van der Waals surface area contributed by atoms with Gasteiger partial charge in [-0.1, -0.05) is 24.3 Å². The highest BCUT2D eigenvalue weighted by atomic mass is 19.1. The van der Waals surface area contributed by atoms with Crippen molar-refractivity contribution in [3.05, 3.63) is 60.2 Å². The van der Waals surface area contributed by atoms with Gasteiger partial charge in [0.05, 0.1) is 22.3 Å². The summed E-state index contributed by atoms with van der Waals surface area (Å²) >= 11 is 0. The number of aromatic amines is 1. The van der Waals surface area contributed by atoms with Gasteiger partial charge in [0.2, 0.25) is 0 Å². The van der Waals surface area contributed by atoms with E-state index < -0.39 is 5.60 Å². The molecule has 0 radical (unpaired) electrons. The number of nitrogens with one attached hydrogen (secondary N) is 2. The Labute approximate surface area is 146 Å². The van der Waals surface area contributed by atoms with Gasteiger partial charge in [-0.2, -0.15) is 0 Å². The van der Waals surface area contributed by atoms with Gasteiger partial charge < -0.3 is 15.4 Å². The highest BCUT2D eigenvalue weighted by Crippen LogP contribution is 2.37. The molecule has 0 bridgehead atoms. The van der Waals surface area contributed by atoms with Crippen molar-refractivity contribution in [3.63, 3.8) is 0 Å². The topological polar surface area (TPSA) is 60.9 Å². The predicted octanol–water partition coefficient (Wildman–Crippen LogP) is 4.20. The van der Waals surface area contributed by atoms with Crippen molar-refractivity contribution in [3.8, 4) is 0 Å². The van der Waals surface area contributed by atoms with Crippen LogP contribution in [0.1, 0.15) is 37.4 Å². The van der Waals surface area contributed by atoms with Crippen LogP contribution in [0.15, 0.2) is 48.5 Å². The molecule has 2 aromatic carbocycles. The molecule has 4 rings (SSSR count). The Bertz CT molecular complexity index is 835. The molecule has 3 N–H and O–H groups in total. The van der Waals surface area contributed by atoms with E-state index in [1.54, 1.807) is 18.2 Å². The van der Waals surface area contributed by atoms with Crippen LogP contribution in [-0.4, -0.2) is 27.2 Å². The number of fused-ring (bicyclic) bond motifs is 1. The molecule has 1 aliphatic rings. The fourth-order valence-electron chi connectivity index (χ4n) is 3.64. The molecule has 0 unspecified atom stereocenters. The van der Waals surface area contributed by atoms with Gasteiger partial charge in [0.1, 0.15) is 11.6 Å². The zero-order valence-corrected chi connectivity index (χ0v) is 14.0. The molecule has 25 heavy (non-hydrogen) atoms. The summed E-state index contributed by atoms with van der Waals surface area (Å²) in [5.41, 5.74) is 1.68. The van der Waals surface area contributed by atoms with Crippen molar-refractivity contribution in [2.24, 2.45) is 0 Å². The van der Waals surface area contributed by atoms with E-state index >= 15 is 0 Å². The Morgan fingerprint density at radius 1 is 1.12 bits per heavy atom. The van der Waals surface area contributed by atoms with Gasteiger partial charge in [-0.15, -0.1) is 0 Å². The number of aliphatic hydroxyl groups is 1. The number of benzene rings is 2. The summed E-state index contributed by atoms with van der Waals surface area (Å²) in [6.45, 7) is 0.362. The summed E-state index contributed by atoms with van der Waals surface area (Å²) in [7, 11) is 0. The number of anilines is 1. The second-order valence-electron chi connectivity index (χ2n) is 6.97. The average Bonchev–Trinajstić information content (AvgIpc) is 3.06. The molecule has 0 spiro atoms. The van der Waals surface area contributed by atoms with Crippen LogP contribution in [0.25, 0.3) is 11.0 Å². The van der Waals surface area contributed by atoms with Crippen LogP contribution in [0.3, 0.4) is 0 Å². The average molecular weight is 339 g/mol. The van der Waals surface area contributed by atoms with Crippen molar-refractivity contribution in [1.82, 2.24) is 9.97 Å². The number of aromatic nitrogens is 2. The van der Waals surface area contributed by atoms with Crippen molar-refractivity contribution >= 4 is 16.7 Å². The number of hydrogen-bond donors (Lipinski definition) is 3. The Balaban J connectivity index is 1.39. The lowest BCUT2D eigenvalue weighted by Gasteiger charge is -2.35. The smallest absolute Gasteiger partial charge is 0.146 e. The van der Waals surface area contributed by atoms with Gasteiger partial charge >= 0.3 is 0 Å². The van der Waals surface area contributed by atoms with Gasteiger partial charge in [0.25, 0.3) is 0 Å². The Hall–Kier alpha value is -2.40. The van der Waals surface area contributed by atoms with E-state index in [-0.39, 0.29) is 5.82 Å². The predicted molar refractivity (Wildman–Crippen MR) is 97.1 cm³/mol. The summed E-state index contributed by atoms with van der Waals surface area (Å²) in [6.07, 6.45) is 3.09. The standard InChI is InChI=1S/C20H22FN3O/c21-15-5-1-2-6-16(15)22-13-20(25)11-9-14(10-12-20)19-23-17-7-3-4-8-18(17)24-19/h1-8,14,22,25H,9-13H2,(H,23,24). The first-order valence-corrected chi connectivity index (χ1v) is 8.78. The molecular formula is C20H22FN3O. The molecule has 0 atom stereocenters. The van der Waals surface area contributed by atoms with E-state index in [2.05, 4.69) is 15.3 Å². The van der Waals surface area contributed by atoms with Crippen LogP contribution in [0.2, 0.25) is 0 Å². The lowest BCUT2D eigenvalue weighted by atomic mass is 9.78. The van der Waals surface area contributed by atoms with Crippen LogP contribution in [-0.2, 0) is 0 Å². The number of H-pyrrole nitrogens is 1. The minimum absolute atomic E-state index is 0.290. The quantitative estimate of drug-likeness (QED) is 0.667. The minimum atomic E-state index is -0.801. The fourth-order valence-corrected chi connectivity index (χ4v) is 3.64. The number of nitrogens with zero attached hydrogens (tertiary/aromatic N) is 1. The number of hydrogen-bond acceptors (Lipinski definition) is 3. The summed E-state index contributed by atoms with van der Waals surface area (Å²) in [5, 5.41) is 13.9. The minimum Gasteiger partial charge on any atom is -0.388 e. The Morgan fingerprint density at radius 3 is 2.60 bits per heavy atom. The highest BCUT2D eigenvalue weighted by Gasteiger charge is 2.34. The van der Waals surface area contributed by atoms with Crippen molar-refractivity contribution in [1.29, 1.82) is 0 Å². The van der Waals surface area contributed by atoms with Gasteiger partial charge in [-0.05, 0) is 49.9 Å². The molecule has 5 heteroatoms. The van der Waals surface area contributed by atoms with Crippen LogP contribution < -0.4 is 5.32 Å². The Morgan fingerprint density at radius 2 is 1.84 bits per heavy atom. The second kappa shape index (κ2) is 6.48. The van der Waals surface area contributed by atoms with Gasteiger partial charge in [0, 0.05) is 12.5 Å². The van der Waals surface area contributed by atoms with E-state index in [4.69, 9.17) is 0 Å². The molecule has 1 aliphatic carbocycles. The number of para-hydroxylation sites is 3. The summed E-state index contributed by atoms with van der Waals surface area (Å²) in [4.78, 5) is 8.09. The molecule has 1 heterocycles. The first-order valence-electron chi connectivity index (χ1n) is 8.78. The van der Waals surface area contributed by atoms with E-state index in [1.807, 2.05) is 24.3 Å². The molecule has 0 aliphatic heterocycles. The van der Waals surface area contributed by atoms with Gasteiger partial charge in [-0.25, -0.2) is 9.37 Å². The maximum absolute atomic E-state index is 13.7. The van der Waals surface area contributed by atoms with Gasteiger partial charge in [-0.3, -0.25) is 0 Å². The zero-order valence-electron chi connectivity index (χ0n) is 14.0. The van der Waals surface area contributed by atoms with Gasteiger partial charge in [0.15, 0.2) is 0 Å². The zero-order chi connectivity index (χ0) is 17.3. The number of rotatable bonds is 4. The molecule has 1 aromatic heterocycles. The molecule has 130 valence electrons. The highest BCUT2D eigenvalue weighted by molar-refractivity contribution is 5.74. The SMILES string of the molecule is OC1(CNc2ccccc2F)CCC(c2nc3ccccc3[nH]2)CC1. The normalized spacial score (nSPS) is 23.7. The summed E-state index contributed by atoms with van der Waals surface area (Å²) in [6, 6.07) is 14.6. The molecular weight excluding hydrogens is 317 g/mol. The second-order valence-corrected chi connectivity index (χ2v) is 6.97.